The lowest BCUT2D eigenvalue weighted by Gasteiger charge is -2.55. The van der Waals surface area contributed by atoms with Gasteiger partial charge in [0.2, 0.25) is 11.7 Å². The van der Waals surface area contributed by atoms with Crippen LogP contribution in [-0.2, 0) is 30.5 Å². The summed E-state index contributed by atoms with van der Waals surface area (Å²) >= 11 is 0. The molecule has 1 amide bonds. The molecule has 44 heavy (non-hydrogen) atoms. The second-order valence-corrected chi connectivity index (χ2v) is 11.5. The zero-order valence-corrected chi connectivity index (χ0v) is 25.9. The molecular weight excluding hydrogens is 564 g/mol. The van der Waals surface area contributed by atoms with Crippen molar-refractivity contribution in [3.05, 3.63) is 86.3 Å². The number of benzene rings is 2. The van der Waals surface area contributed by atoms with E-state index in [2.05, 4.69) is 0 Å². The number of ether oxygens (including phenoxy) is 4. The van der Waals surface area contributed by atoms with E-state index in [-0.39, 0.29) is 29.1 Å². The molecule has 10 heteroatoms. The molecule has 1 fully saturated rings. The third-order valence-electron chi connectivity index (χ3n) is 9.41. The van der Waals surface area contributed by atoms with Crippen molar-refractivity contribution < 1.29 is 38.4 Å². The number of amides is 1. The Morgan fingerprint density at radius 1 is 0.864 bits per heavy atom. The lowest BCUT2D eigenvalue weighted by molar-refractivity contribution is -0.150. The minimum absolute atomic E-state index is 0.0433. The van der Waals surface area contributed by atoms with Crippen molar-refractivity contribution in [3.8, 4) is 11.5 Å². The van der Waals surface area contributed by atoms with Crippen LogP contribution in [0.25, 0.3) is 6.08 Å². The largest absolute Gasteiger partial charge is 0.493 e. The highest BCUT2D eigenvalue weighted by Gasteiger charge is 2.59. The van der Waals surface area contributed by atoms with E-state index in [1.165, 1.54) is 14.0 Å². The van der Waals surface area contributed by atoms with E-state index in [0.717, 1.165) is 22.3 Å². The number of fused-ring (bicyclic) bond motifs is 6. The molecular formula is C34H36N2O8. The Bertz CT molecular complexity index is 1690. The molecule has 3 aliphatic heterocycles. The van der Waals surface area contributed by atoms with Crippen molar-refractivity contribution in [3.63, 3.8) is 0 Å². The lowest BCUT2D eigenvalue weighted by atomic mass is 9.72. The van der Waals surface area contributed by atoms with Gasteiger partial charge in [0.1, 0.15) is 12.1 Å². The molecule has 1 N–H and O–H groups in total. The average molecular weight is 601 g/mol. The van der Waals surface area contributed by atoms with Crippen molar-refractivity contribution >= 4 is 23.5 Å². The predicted molar refractivity (Wildman–Crippen MR) is 161 cm³/mol. The van der Waals surface area contributed by atoms with Crippen molar-refractivity contribution in [2.45, 2.75) is 51.6 Å². The van der Waals surface area contributed by atoms with Crippen LogP contribution in [0.1, 0.15) is 40.8 Å². The number of likely N-dealkylation sites (N-methyl/N-ethyl adjacent to an activating group) is 1. The van der Waals surface area contributed by atoms with Crippen molar-refractivity contribution in [2.75, 3.05) is 35.0 Å². The first kappa shape index (κ1) is 29.8. The number of methoxy groups -OCH3 is 3. The molecule has 3 heterocycles. The van der Waals surface area contributed by atoms with E-state index in [0.29, 0.717) is 29.4 Å². The third kappa shape index (κ3) is 4.08. The van der Waals surface area contributed by atoms with Crippen LogP contribution in [0.3, 0.4) is 0 Å². The van der Waals surface area contributed by atoms with Gasteiger partial charge in [-0.15, -0.1) is 0 Å². The minimum atomic E-state index is -1.52. The number of rotatable bonds is 7. The number of ketones is 2. The molecule has 230 valence electrons. The van der Waals surface area contributed by atoms with Gasteiger partial charge in [0.05, 0.1) is 46.6 Å². The molecule has 2 aromatic carbocycles. The number of piperazine rings is 1. The normalized spacial score (nSPS) is 24.6. The van der Waals surface area contributed by atoms with E-state index in [9.17, 15) is 19.5 Å². The van der Waals surface area contributed by atoms with Gasteiger partial charge in [-0.2, -0.15) is 0 Å². The van der Waals surface area contributed by atoms with Crippen LogP contribution in [0.4, 0.5) is 0 Å². The second-order valence-electron chi connectivity index (χ2n) is 11.5. The highest BCUT2D eigenvalue weighted by Crippen LogP contribution is 2.53. The van der Waals surface area contributed by atoms with Crippen LogP contribution in [-0.4, -0.2) is 85.6 Å². The van der Waals surface area contributed by atoms with Crippen LogP contribution < -0.4 is 9.47 Å². The number of hydrogen-bond donors (Lipinski definition) is 1. The molecule has 4 atom stereocenters. The Kier molecular flexibility index (Phi) is 7.47. The summed E-state index contributed by atoms with van der Waals surface area (Å²) in [5, 5.41) is 11.6. The maximum Gasteiger partial charge on any atom is 0.247 e. The molecule has 6 rings (SSSR count). The van der Waals surface area contributed by atoms with Crippen LogP contribution in [0.15, 0.2) is 58.5 Å². The predicted octanol–water partition coefficient (Wildman–Crippen LogP) is 3.19. The highest BCUT2D eigenvalue weighted by atomic mass is 16.5. The molecule has 2 aromatic rings. The van der Waals surface area contributed by atoms with E-state index in [4.69, 9.17) is 18.9 Å². The molecule has 0 radical (unpaired) electrons. The van der Waals surface area contributed by atoms with Gasteiger partial charge >= 0.3 is 0 Å². The average Bonchev–Trinajstić information content (AvgIpc) is 3.01. The summed E-state index contributed by atoms with van der Waals surface area (Å²) in [7, 11) is 6.17. The van der Waals surface area contributed by atoms with Gasteiger partial charge < -0.3 is 29.0 Å². The standard InChI is InChI=1S/C34H36N2O8/c1-16-17(2)32(42-6)33(43-7)23-20(16)13-21-26-24-25(28(37)18(3)31(41-5)30(24)39)29(38)27(35(26)4)34(40)36(21)22(23)15-44-14-19-11-9-8-10-12-19/h8-13,22,26-27,29,38H,14-15H2,1-7H3/t22-,26?,27?,29?/m0/s1. The summed E-state index contributed by atoms with van der Waals surface area (Å²) in [6, 6.07) is 7.11. The number of carbonyl (C=O) groups is 3. The summed E-state index contributed by atoms with van der Waals surface area (Å²) in [6.45, 7) is 5.81. The first-order valence-corrected chi connectivity index (χ1v) is 14.5. The summed E-state index contributed by atoms with van der Waals surface area (Å²) in [4.78, 5) is 45.3. The quantitative estimate of drug-likeness (QED) is 0.479. The van der Waals surface area contributed by atoms with E-state index < -0.39 is 41.7 Å². The summed E-state index contributed by atoms with van der Waals surface area (Å²) in [6.07, 6.45) is 0.369. The Morgan fingerprint density at radius 3 is 2.18 bits per heavy atom. The summed E-state index contributed by atoms with van der Waals surface area (Å²) < 4.78 is 23.4. The number of carbonyl (C=O) groups excluding carboxylic acids is 3. The number of hydrogen-bond acceptors (Lipinski definition) is 9. The van der Waals surface area contributed by atoms with Crippen LogP contribution in [0.5, 0.6) is 11.5 Å². The van der Waals surface area contributed by atoms with E-state index >= 15 is 0 Å². The molecule has 2 bridgehead atoms. The number of aliphatic hydroxyl groups excluding tert-OH is 1. The van der Waals surface area contributed by atoms with E-state index in [1.807, 2.05) is 50.3 Å². The molecule has 0 aromatic heterocycles. The molecule has 0 saturated carbocycles. The maximum absolute atomic E-state index is 14.5. The molecule has 1 saturated heterocycles. The SMILES string of the molecule is COC1=C(C)C(=O)C2=C(C1=O)C1C3=Cc4c(C)c(C)c(OC)c(OC)c4[C@H](COCc4ccccc4)N3C(=O)C(C2O)N1C. The number of aliphatic hydroxyl groups is 1. The first-order chi connectivity index (χ1) is 21.1. The monoisotopic (exact) mass is 600 g/mol. The number of nitrogens with zero attached hydrogens (tertiary/aromatic N) is 2. The fourth-order valence-corrected chi connectivity index (χ4v) is 7.20. The number of Topliss-reactive ketones (excluding diaryl/α,β-unsaturated/α-hetero) is 2. The zero-order chi connectivity index (χ0) is 31.6. The van der Waals surface area contributed by atoms with Crippen LogP contribution in [0, 0.1) is 13.8 Å². The number of allylic oxidation sites excluding steroid dienone is 2. The Hall–Kier alpha value is -4.25. The fraction of sp³-hybridized carbons (Fsp3) is 0.382. The smallest absolute Gasteiger partial charge is 0.247 e. The van der Waals surface area contributed by atoms with Gasteiger partial charge in [0, 0.05) is 28.0 Å². The van der Waals surface area contributed by atoms with Crippen molar-refractivity contribution in [1.82, 2.24) is 9.80 Å². The van der Waals surface area contributed by atoms with Crippen molar-refractivity contribution in [2.24, 2.45) is 0 Å². The topological polar surface area (TPSA) is 115 Å². The van der Waals surface area contributed by atoms with Gasteiger partial charge in [-0.25, -0.2) is 0 Å². The van der Waals surface area contributed by atoms with Gasteiger partial charge in [0.15, 0.2) is 23.0 Å². The third-order valence-corrected chi connectivity index (χ3v) is 9.41. The second kappa shape index (κ2) is 11.0. The molecule has 3 unspecified atom stereocenters. The summed E-state index contributed by atoms with van der Waals surface area (Å²) in [5.74, 6) is -0.409. The Balaban J connectivity index is 1.58. The fourth-order valence-electron chi connectivity index (χ4n) is 7.20. The van der Waals surface area contributed by atoms with Gasteiger partial charge in [0.25, 0.3) is 0 Å². The van der Waals surface area contributed by atoms with Gasteiger partial charge in [-0.3, -0.25) is 19.3 Å². The highest BCUT2D eigenvalue weighted by molar-refractivity contribution is 6.26. The molecule has 10 nitrogen and oxygen atoms in total. The summed E-state index contributed by atoms with van der Waals surface area (Å²) in [5.41, 5.74) is 4.99. The van der Waals surface area contributed by atoms with Crippen LogP contribution >= 0.6 is 0 Å². The van der Waals surface area contributed by atoms with Crippen LogP contribution in [0.2, 0.25) is 0 Å². The molecule has 4 aliphatic rings. The zero-order valence-electron chi connectivity index (χ0n) is 25.9. The Labute approximate surface area is 256 Å². The van der Waals surface area contributed by atoms with Crippen molar-refractivity contribution in [1.29, 1.82) is 0 Å². The van der Waals surface area contributed by atoms with Gasteiger partial charge in [-0.05, 0) is 56.1 Å². The first-order valence-electron chi connectivity index (χ1n) is 14.5. The maximum atomic E-state index is 14.5. The molecule has 0 spiro atoms. The minimum Gasteiger partial charge on any atom is -0.493 e. The van der Waals surface area contributed by atoms with Gasteiger partial charge in [-0.1, -0.05) is 30.3 Å². The molecule has 1 aliphatic carbocycles. The van der Waals surface area contributed by atoms with E-state index in [1.54, 1.807) is 31.1 Å². The Morgan fingerprint density at radius 2 is 1.55 bits per heavy atom. The lowest BCUT2D eigenvalue weighted by Crippen LogP contribution is -2.68.